The molecule has 5 heteroatoms. The third kappa shape index (κ3) is 1.67. The Morgan fingerprint density at radius 3 is 2.77 bits per heavy atom. The van der Waals surface area contributed by atoms with Crippen LogP contribution in [-0.2, 0) is 0 Å². The van der Waals surface area contributed by atoms with Gasteiger partial charge in [-0.3, -0.25) is 0 Å². The van der Waals surface area contributed by atoms with Crippen LogP contribution in [0.25, 0.3) is 11.6 Å². The summed E-state index contributed by atoms with van der Waals surface area (Å²) in [6.45, 7) is 1.75. The second-order valence-electron chi connectivity index (χ2n) is 2.49. The fourth-order valence-corrected chi connectivity index (χ4v) is 1.09. The summed E-state index contributed by atoms with van der Waals surface area (Å²) in [5, 5.41) is 4.06. The molecule has 0 aliphatic carbocycles. The fraction of sp³-hybridized carbons (Fsp3) is 0.125. The van der Waals surface area contributed by atoms with Gasteiger partial charge in [0.25, 0.3) is 5.89 Å². The molecule has 0 saturated heterocycles. The lowest BCUT2D eigenvalue weighted by Crippen LogP contribution is -1.83. The SMILES string of the molecule is Cc1noc(-c2cccc(Cl)n2)n1. The Morgan fingerprint density at radius 1 is 1.31 bits per heavy atom. The molecule has 2 rings (SSSR count). The van der Waals surface area contributed by atoms with Crippen LogP contribution in [0.15, 0.2) is 22.7 Å². The van der Waals surface area contributed by atoms with Crippen molar-refractivity contribution in [2.45, 2.75) is 6.92 Å². The number of aromatic nitrogens is 3. The zero-order chi connectivity index (χ0) is 9.26. The predicted molar refractivity (Wildman–Crippen MR) is 47.3 cm³/mol. The number of nitrogens with zero attached hydrogens (tertiary/aromatic N) is 3. The van der Waals surface area contributed by atoms with Gasteiger partial charge in [0, 0.05) is 0 Å². The van der Waals surface area contributed by atoms with Gasteiger partial charge >= 0.3 is 0 Å². The molecule has 0 aromatic carbocycles. The number of pyridine rings is 1. The van der Waals surface area contributed by atoms with Crippen LogP contribution in [0.2, 0.25) is 5.15 Å². The maximum atomic E-state index is 5.70. The second kappa shape index (κ2) is 3.14. The molecule has 66 valence electrons. The summed E-state index contributed by atoms with van der Waals surface area (Å²) in [5.74, 6) is 0.969. The Balaban J connectivity index is 2.46. The summed E-state index contributed by atoms with van der Waals surface area (Å²) in [7, 11) is 0. The topological polar surface area (TPSA) is 51.8 Å². The molecule has 0 amide bonds. The van der Waals surface area contributed by atoms with Crippen LogP contribution in [0.5, 0.6) is 0 Å². The first-order chi connectivity index (χ1) is 6.25. The van der Waals surface area contributed by atoms with E-state index in [0.717, 1.165) is 0 Å². The molecule has 2 aromatic heterocycles. The molecule has 0 N–H and O–H groups in total. The third-order valence-electron chi connectivity index (χ3n) is 1.46. The highest BCUT2D eigenvalue weighted by molar-refractivity contribution is 6.29. The molecule has 0 aliphatic heterocycles. The van der Waals surface area contributed by atoms with Gasteiger partial charge in [0.15, 0.2) is 5.82 Å². The standard InChI is InChI=1S/C8H6ClN3O/c1-5-10-8(13-12-5)6-3-2-4-7(9)11-6/h2-4H,1H3. The monoisotopic (exact) mass is 195 g/mol. The lowest BCUT2D eigenvalue weighted by molar-refractivity contribution is 0.424. The molecule has 0 saturated carbocycles. The van der Waals surface area contributed by atoms with Gasteiger partial charge in [0.2, 0.25) is 0 Å². The number of rotatable bonds is 1. The molecule has 0 spiro atoms. The zero-order valence-electron chi connectivity index (χ0n) is 6.86. The van der Waals surface area contributed by atoms with Crippen molar-refractivity contribution >= 4 is 11.6 Å². The van der Waals surface area contributed by atoms with E-state index in [-0.39, 0.29) is 0 Å². The highest BCUT2D eigenvalue weighted by Crippen LogP contribution is 2.16. The molecular formula is C8H6ClN3O. The van der Waals surface area contributed by atoms with Crippen molar-refractivity contribution in [3.63, 3.8) is 0 Å². The maximum Gasteiger partial charge on any atom is 0.276 e. The van der Waals surface area contributed by atoms with Crippen molar-refractivity contribution in [1.82, 2.24) is 15.1 Å². The summed E-state index contributed by atoms with van der Waals surface area (Å²) in [6, 6.07) is 5.23. The smallest absolute Gasteiger partial charge is 0.276 e. The highest BCUT2D eigenvalue weighted by atomic mass is 35.5. The summed E-state index contributed by atoms with van der Waals surface area (Å²) in [6.07, 6.45) is 0. The number of halogens is 1. The summed E-state index contributed by atoms with van der Waals surface area (Å²) in [4.78, 5) is 8.05. The largest absolute Gasteiger partial charge is 0.332 e. The van der Waals surface area contributed by atoms with Gasteiger partial charge < -0.3 is 4.52 Å². The Labute approximate surface area is 79.6 Å². The van der Waals surface area contributed by atoms with Gasteiger partial charge in [-0.2, -0.15) is 4.98 Å². The molecule has 0 fully saturated rings. The lowest BCUT2D eigenvalue weighted by Gasteiger charge is -1.92. The normalized spacial score (nSPS) is 10.3. The molecule has 13 heavy (non-hydrogen) atoms. The summed E-state index contributed by atoms with van der Waals surface area (Å²) < 4.78 is 4.92. The second-order valence-corrected chi connectivity index (χ2v) is 2.88. The number of aryl methyl sites for hydroxylation is 1. The summed E-state index contributed by atoms with van der Waals surface area (Å²) >= 11 is 5.70. The molecule has 2 heterocycles. The van der Waals surface area contributed by atoms with E-state index in [1.807, 2.05) is 0 Å². The van der Waals surface area contributed by atoms with Crippen molar-refractivity contribution in [3.05, 3.63) is 29.2 Å². The van der Waals surface area contributed by atoms with E-state index in [1.54, 1.807) is 25.1 Å². The Hall–Kier alpha value is -1.42. The van der Waals surface area contributed by atoms with E-state index in [2.05, 4.69) is 15.1 Å². The third-order valence-corrected chi connectivity index (χ3v) is 1.67. The first-order valence-corrected chi connectivity index (χ1v) is 4.07. The van der Waals surface area contributed by atoms with Gasteiger partial charge in [-0.25, -0.2) is 4.98 Å². The van der Waals surface area contributed by atoms with Crippen LogP contribution in [0, 0.1) is 6.92 Å². The van der Waals surface area contributed by atoms with Crippen LogP contribution < -0.4 is 0 Å². The first kappa shape index (κ1) is 8.19. The van der Waals surface area contributed by atoms with Crippen molar-refractivity contribution in [2.24, 2.45) is 0 Å². The highest BCUT2D eigenvalue weighted by Gasteiger charge is 2.06. The average molecular weight is 196 g/mol. The molecule has 2 aromatic rings. The molecule has 0 atom stereocenters. The minimum Gasteiger partial charge on any atom is -0.332 e. The predicted octanol–water partition coefficient (Wildman–Crippen LogP) is 2.09. The van der Waals surface area contributed by atoms with Crippen molar-refractivity contribution in [2.75, 3.05) is 0 Å². The van der Waals surface area contributed by atoms with E-state index in [1.165, 1.54) is 0 Å². The van der Waals surface area contributed by atoms with Crippen LogP contribution in [0.1, 0.15) is 5.82 Å². The van der Waals surface area contributed by atoms with Crippen molar-refractivity contribution in [3.8, 4) is 11.6 Å². The van der Waals surface area contributed by atoms with Gasteiger partial charge in [-0.1, -0.05) is 22.8 Å². The molecule has 0 bridgehead atoms. The van der Waals surface area contributed by atoms with Crippen LogP contribution in [0.3, 0.4) is 0 Å². The van der Waals surface area contributed by atoms with Gasteiger partial charge in [0.1, 0.15) is 10.8 Å². The molecule has 0 unspecified atom stereocenters. The molecule has 4 nitrogen and oxygen atoms in total. The number of hydrogen-bond acceptors (Lipinski definition) is 4. The van der Waals surface area contributed by atoms with E-state index in [9.17, 15) is 0 Å². The van der Waals surface area contributed by atoms with Gasteiger partial charge in [-0.15, -0.1) is 0 Å². The molecular weight excluding hydrogens is 190 g/mol. The lowest BCUT2D eigenvalue weighted by atomic mass is 10.3. The van der Waals surface area contributed by atoms with Crippen molar-refractivity contribution in [1.29, 1.82) is 0 Å². The summed E-state index contributed by atoms with van der Waals surface area (Å²) in [5.41, 5.74) is 0.591. The fourth-order valence-electron chi connectivity index (χ4n) is 0.928. The van der Waals surface area contributed by atoms with Gasteiger partial charge in [0.05, 0.1) is 0 Å². The first-order valence-electron chi connectivity index (χ1n) is 3.69. The van der Waals surface area contributed by atoms with Crippen LogP contribution in [0.4, 0.5) is 0 Å². The van der Waals surface area contributed by atoms with Crippen LogP contribution >= 0.6 is 11.6 Å². The Bertz CT molecular complexity index is 427. The number of hydrogen-bond donors (Lipinski definition) is 0. The minimum atomic E-state index is 0.389. The van der Waals surface area contributed by atoms with E-state index < -0.39 is 0 Å². The van der Waals surface area contributed by atoms with Gasteiger partial charge in [-0.05, 0) is 19.1 Å². The quantitative estimate of drug-likeness (QED) is 0.654. The maximum absolute atomic E-state index is 5.70. The van der Waals surface area contributed by atoms with Crippen LogP contribution in [-0.4, -0.2) is 15.1 Å². The van der Waals surface area contributed by atoms with E-state index in [4.69, 9.17) is 16.1 Å². The Kier molecular flexibility index (Phi) is 1.98. The van der Waals surface area contributed by atoms with Crippen molar-refractivity contribution < 1.29 is 4.52 Å². The molecule has 0 radical (unpaired) electrons. The molecule has 0 aliphatic rings. The minimum absolute atomic E-state index is 0.389. The Morgan fingerprint density at radius 2 is 2.15 bits per heavy atom. The van der Waals surface area contributed by atoms with E-state index >= 15 is 0 Å². The van der Waals surface area contributed by atoms with E-state index in [0.29, 0.717) is 22.6 Å². The average Bonchev–Trinajstić information content (AvgIpc) is 2.52. The zero-order valence-corrected chi connectivity index (χ0v) is 7.62.